The molecule has 0 saturated carbocycles. The third kappa shape index (κ3) is 4.48. The van der Waals surface area contributed by atoms with E-state index in [-0.39, 0.29) is 0 Å². The summed E-state index contributed by atoms with van der Waals surface area (Å²) in [7, 11) is 2.00. The Bertz CT molecular complexity index is 217. The van der Waals surface area contributed by atoms with Gasteiger partial charge in [-0.3, -0.25) is 4.90 Å². The highest BCUT2D eigenvalue weighted by Gasteiger charge is 2.30. The average molecular weight is 250 g/mol. The molecule has 0 spiro atoms. The van der Waals surface area contributed by atoms with Crippen molar-refractivity contribution < 1.29 is 13.5 Å². The summed E-state index contributed by atoms with van der Waals surface area (Å²) in [6, 6.07) is 1.03. The first kappa shape index (κ1) is 14.8. The van der Waals surface area contributed by atoms with Crippen LogP contribution in [0, 0.1) is 5.92 Å². The van der Waals surface area contributed by atoms with Gasteiger partial charge in [0.2, 0.25) is 0 Å². The topological polar surface area (TPSA) is 24.5 Å². The van der Waals surface area contributed by atoms with Gasteiger partial charge in [0.05, 0.1) is 6.61 Å². The van der Waals surface area contributed by atoms with E-state index >= 15 is 0 Å². The largest absolute Gasteiger partial charge is 0.374 e. The molecule has 0 bridgehead atoms. The van der Waals surface area contributed by atoms with Gasteiger partial charge in [-0.05, 0) is 26.3 Å². The molecule has 17 heavy (non-hydrogen) atoms. The maximum absolute atomic E-state index is 11.9. The summed E-state index contributed by atoms with van der Waals surface area (Å²) in [5, 5.41) is 3.33. The van der Waals surface area contributed by atoms with Crippen molar-refractivity contribution in [1.82, 2.24) is 10.2 Å². The van der Waals surface area contributed by atoms with E-state index in [1.54, 1.807) is 0 Å². The van der Waals surface area contributed by atoms with Crippen molar-refractivity contribution in [2.24, 2.45) is 5.92 Å². The summed E-state index contributed by atoms with van der Waals surface area (Å²) in [6.07, 6.45) is -1.25. The normalized spacial score (nSPS) is 31.1. The minimum atomic E-state index is -2.36. The highest BCUT2D eigenvalue weighted by atomic mass is 19.3. The summed E-state index contributed by atoms with van der Waals surface area (Å²) in [4.78, 5) is 2.32. The molecule has 1 aliphatic heterocycles. The smallest absolute Gasteiger partial charge is 0.261 e. The molecule has 5 heteroatoms. The van der Waals surface area contributed by atoms with Gasteiger partial charge < -0.3 is 10.1 Å². The fourth-order valence-electron chi connectivity index (χ4n) is 2.52. The molecule has 102 valence electrons. The van der Waals surface area contributed by atoms with Gasteiger partial charge in [-0.2, -0.15) is 0 Å². The van der Waals surface area contributed by atoms with Gasteiger partial charge in [0, 0.05) is 25.2 Å². The van der Waals surface area contributed by atoms with Crippen LogP contribution in [-0.4, -0.2) is 56.8 Å². The van der Waals surface area contributed by atoms with E-state index in [1.165, 1.54) is 0 Å². The molecular weight excluding hydrogens is 226 g/mol. The third-order valence-corrected chi connectivity index (χ3v) is 3.84. The molecule has 0 amide bonds. The quantitative estimate of drug-likeness (QED) is 0.724. The van der Waals surface area contributed by atoms with E-state index in [1.807, 2.05) is 7.05 Å². The van der Waals surface area contributed by atoms with Crippen LogP contribution >= 0.6 is 0 Å². The first-order valence-corrected chi connectivity index (χ1v) is 6.33. The molecule has 0 aromatic carbocycles. The molecule has 1 saturated heterocycles. The number of rotatable bonds is 6. The molecule has 1 rings (SSSR count). The van der Waals surface area contributed by atoms with Gasteiger partial charge in [-0.25, -0.2) is 8.78 Å². The molecule has 3 atom stereocenters. The van der Waals surface area contributed by atoms with E-state index in [0.717, 1.165) is 19.5 Å². The van der Waals surface area contributed by atoms with Gasteiger partial charge >= 0.3 is 0 Å². The van der Waals surface area contributed by atoms with Crippen LogP contribution in [0.5, 0.6) is 0 Å². The van der Waals surface area contributed by atoms with Crippen molar-refractivity contribution in [3.05, 3.63) is 0 Å². The number of nitrogens with zero attached hydrogens (tertiary/aromatic N) is 1. The lowest BCUT2D eigenvalue weighted by Gasteiger charge is -2.42. The van der Waals surface area contributed by atoms with Crippen LogP contribution in [0.25, 0.3) is 0 Å². The van der Waals surface area contributed by atoms with Gasteiger partial charge in [-0.1, -0.05) is 6.92 Å². The van der Waals surface area contributed by atoms with Gasteiger partial charge in [0.25, 0.3) is 6.43 Å². The minimum absolute atomic E-state index is 0.394. The van der Waals surface area contributed by atoms with E-state index in [0.29, 0.717) is 24.6 Å². The number of alkyl halides is 2. The van der Waals surface area contributed by atoms with Crippen molar-refractivity contribution >= 4 is 0 Å². The van der Waals surface area contributed by atoms with E-state index in [9.17, 15) is 8.78 Å². The maximum Gasteiger partial charge on any atom is 0.261 e. The van der Waals surface area contributed by atoms with Crippen molar-refractivity contribution in [1.29, 1.82) is 0 Å². The third-order valence-electron chi connectivity index (χ3n) is 3.84. The molecule has 0 aromatic heterocycles. The number of hydrogen-bond acceptors (Lipinski definition) is 3. The van der Waals surface area contributed by atoms with Crippen LogP contribution in [0.1, 0.15) is 20.3 Å². The van der Waals surface area contributed by atoms with Crippen LogP contribution in [-0.2, 0) is 4.74 Å². The molecule has 0 aromatic rings. The molecule has 3 unspecified atom stereocenters. The number of halogens is 2. The monoisotopic (exact) mass is 250 g/mol. The highest BCUT2D eigenvalue weighted by Crippen LogP contribution is 2.22. The molecular formula is C12H24F2N2O. The number of hydrogen-bond donors (Lipinski definition) is 1. The van der Waals surface area contributed by atoms with Crippen molar-refractivity contribution in [3.8, 4) is 0 Å². The molecule has 1 fully saturated rings. The Balaban J connectivity index is 2.26. The first-order chi connectivity index (χ1) is 8.06. The number of piperidine rings is 1. The van der Waals surface area contributed by atoms with Gasteiger partial charge in [0.15, 0.2) is 0 Å². The Kier molecular flexibility index (Phi) is 6.30. The van der Waals surface area contributed by atoms with Gasteiger partial charge in [-0.15, -0.1) is 0 Å². The second kappa shape index (κ2) is 7.24. The van der Waals surface area contributed by atoms with Crippen LogP contribution < -0.4 is 5.32 Å². The lowest BCUT2D eigenvalue weighted by molar-refractivity contribution is -0.00326. The highest BCUT2D eigenvalue weighted by molar-refractivity contribution is 4.87. The Hall–Kier alpha value is -0.260. The Morgan fingerprint density at radius 3 is 2.71 bits per heavy atom. The summed E-state index contributed by atoms with van der Waals surface area (Å²) in [5.74, 6) is 0.573. The summed E-state index contributed by atoms with van der Waals surface area (Å²) in [6.45, 7) is 6.13. The number of ether oxygens (including phenoxy) is 1. The zero-order chi connectivity index (χ0) is 12.8. The zero-order valence-electron chi connectivity index (χ0n) is 11.0. The van der Waals surface area contributed by atoms with Gasteiger partial charge in [0.1, 0.15) is 6.61 Å². The fraction of sp³-hybridized carbons (Fsp3) is 1.00. The Morgan fingerprint density at radius 1 is 1.41 bits per heavy atom. The lowest BCUT2D eigenvalue weighted by atomic mass is 9.87. The number of nitrogens with one attached hydrogen (secondary N) is 1. The van der Waals surface area contributed by atoms with E-state index in [2.05, 4.69) is 24.1 Å². The maximum atomic E-state index is 11.9. The van der Waals surface area contributed by atoms with Crippen LogP contribution in [0.2, 0.25) is 0 Å². The second-order valence-electron chi connectivity index (χ2n) is 4.79. The Labute approximate surface area is 103 Å². The zero-order valence-corrected chi connectivity index (χ0v) is 11.0. The standard InChI is InChI=1S/C12H24F2N2O/c1-9-10(2)16(5-4-11(9)15-3)6-7-17-8-12(13)14/h9-12,15H,4-8H2,1-3H3. The van der Waals surface area contributed by atoms with Crippen molar-refractivity contribution in [3.63, 3.8) is 0 Å². The summed E-state index contributed by atoms with van der Waals surface area (Å²) < 4.78 is 28.7. The minimum Gasteiger partial charge on any atom is -0.374 e. The molecule has 3 nitrogen and oxygen atoms in total. The molecule has 0 aliphatic carbocycles. The molecule has 0 radical (unpaired) electrons. The molecule has 1 aliphatic rings. The molecule has 1 heterocycles. The summed E-state index contributed by atoms with van der Waals surface area (Å²) in [5.41, 5.74) is 0. The fourth-order valence-corrected chi connectivity index (χ4v) is 2.52. The van der Waals surface area contributed by atoms with Crippen molar-refractivity contribution in [2.75, 3.05) is 33.4 Å². The summed E-state index contributed by atoms with van der Waals surface area (Å²) >= 11 is 0. The second-order valence-corrected chi connectivity index (χ2v) is 4.79. The Morgan fingerprint density at radius 2 is 2.12 bits per heavy atom. The van der Waals surface area contributed by atoms with Crippen LogP contribution in [0.4, 0.5) is 8.78 Å². The molecule has 1 N–H and O–H groups in total. The van der Waals surface area contributed by atoms with E-state index in [4.69, 9.17) is 4.74 Å². The lowest BCUT2D eigenvalue weighted by Crippen LogP contribution is -2.53. The van der Waals surface area contributed by atoms with Crippen molar-refractivity contribution in [2.45, 2.75) is 38.8 Å². The van der Waals surface area contributed by atoms with E-state index < -0.39 is 13.0 Å². The van der Waals surface area contributed by atoms with Crippen LogP contribution in [0.3, 0.4) is 0 Å². The number of likely N-dealkylation sites (tertiary alicyclic amines) is 1. The SMILES string of the molecule is CNC1CCN(CCOCC(F)F)C(C)C1C. The first-order valence-electron chi connectivity index (χ1n) is 6.33. The predicted octanol–water partition coefficient (Wildman–Crippen LogP) is 1.59. The predicted molar refractivity (Wildman–Crippen MR) is 64.5 cm³/mol. The van der Waals surface area contributed by atoms with Crippen LogP contribution in [0.15, 0.2) is 0 Å². The average Bonchev–Trinajstić information content (AvgIpc) is 2.29.